The van der Waals surface area contributed by atoms with Gasteiger partial charge in [-0.1, -0.05) is 19.1 Å². The van der Waals surface area contributed by atoms with Gasteiger partial charge in [0.25, 0.3) is 5.91 Å². The van der Waals surface area contributed by atoms with Crippen molar-refractivity contribution in [2.24, 2.45) is 0 Å². The van der Waals surface area contributed by atoms with E-state index in [4.69, 9.17) is 9.72 Å². The molecule has 1 aliphatic carbocycles. The van der Waals surface area contributed by atoms with Gasteiger partial charge in [0, 0.05) is 66.6 Å². The van der Waals surface area contributed by atoms with Crippen molar-refractivity contribution in [3.63, 3.8) is 0 Å². The fourth-order valence-electron chi connectivity index (χ4n) is 6.29. The number of fused-ring (bicyclic) bond motifs is 1. The predicted molar refractivity (Wildman–Crippen MR) is 170 cm³/mol. The van der Waals surface area contributed by atoms with Crippen molar-refractivity contribution in [1.82, 2.24) is 29.3 Å². The Morgan fingerprint density at radius 1 is 1.14 bits per heavy atom. The van der Waals surface area contributed by atoms with Crippen molar-refractivity contribution in [3.05, 3.63) is 72.1 Å². The summed E-state index contributed by atoms with van der Waals surface area (Å²) in [6, 6.07) is 10.1. The number of nitrogens with zero attached hydrogens (tertiary/aromatic N) is 5. The molecule has 234 valence electrons. The molecule has 1 aliphatic rings. The van der Waals surface area contributed by atoms with Crippen LogP contribution in [-0.2, 0) is 24.4 Å². The van der Waals surface area contributed by atoms with Gasteiger partial charge < -0.3 is 34.5 Å². The molecule has 0 atom stereocenters. The molecule has 0 aliphatic heterocycles. The van der Waals surface area contributed by atoms with Crippen LogP contribution in [0.3, 0.4) is 0 Å². The average molecular weight is 602 g/mol. The predicted octanol–water partition coefficient (Wildman–Crippen LogP) is 5.82. The third-order valence-corrected chi connectivity index (χ3v) is 8.40. The van der Waals surface area contributed by atoms with Crippen LogP contribution in [0, 0.1) is 0 Å². The van der Waals surface area contributed by atoms with E-state index in [2.05, 4.69) is 28.6 Å². The maximum atomic E-state index is 13.7. The molecular formula is C33H43N7O4. The zero-order valence-corrected chi connectivity index (χ0v) is 26.2. The minimum absolute atomic E-state index is 0.0413. The third-order valence-electron chi connectivity index (χ3n) is 8.40. The van der Waals surface area contributed by atoms with Gasteiger partial charge in [0.05, 0.1) is 17.6 Å². The Balaban J connectivity index is 1.38. The topological polar surface area (TPSA) is 127 Å². The van der Waals surface area contributed by atoms with Crippen molar-refractivity contribution in [3.8, 4) is 5.69 Å². The molecule has 1 saturated carbocycles. The lowest BCUT2D eigenvalue weighted by molar-refractivity contribution is 0.0556. The number of imidazole rings is 1. The van der Waals surface area contributed by atoms with Crippen LogP contribution in [0.15, 0.2) is 55.2 Å². The molecule has 5 rings (SSSR count). The first-order chi connectivity index (χ1) is 21.1. The summed E-state index contributed by atoms with van der Waals surface area (Å²) in [5, 5.41) is 17.6. The highest BCUT2D eigenvalue weighted by Crippen LogP contribution is 2.34. The molecule has 4 aromatic rings. The molecule has 3 N–H and O–H groups in total. The number of nitrogens with one attached hydrogen (secondary N) is 2. The summed E-state index contributed by atoms with van der Waals surface area (Å²) in [4.78, 5) is 36.2. The molecule has 3 aromatic heterocycles. The third kappa shape index (κ3) is 6.57. The molecular weight excluding hydrogens is 558 g/mol. The lowest BCUT2D eigenvalue weighted by Gasteiger charge is -2.43. The molecule has 3 heterocycles. The Morgan fingerprint density at radius 2 is 1.86 bits per heavy atom. The Morgan fingerprint density at radius 3 is 2.45 bits per heavy atom. The molecule has 11 nitrogen and oxygen atoms in total. The van der Waals surface area contributed by atoms with E-state index in [0.29, 0.717) is 18.8 Å². The van der Waals surface area contributed by atoms with Crippen molar-refractivity contribution in [2.45, 2.75) is 90.7 Å². The number of benzene rings is 1. The molecule has 11 heteroatoms. The van der Waals surface area contributed by atoms with Crippen LogP contribution in [0.25, 0.3) is 16.7 Å². The van der Waals surface area contributed by atoms with Crippen LogP contribution >= 0.6 is 0 Å². The zero-order chi connectivity index (χ0) is 31.4. The molecule has 0 spiro atoms. The first-order valence-electron chi connectivity index (χ1n) is 15.2. The van der Waals surface area contributed by atoms with E-state index in [1.165, 1.54) is 0 Å². The highest BCUT2D eigenvalue weighted by Gasteiger charge is 2.36. The number of ether oxygens (including phenoxy) is 1. The normalized spacial score (nSPS) is 17.0. The van der Waals surface area contributed by atoms with Gasteiger partial charge in [-0.3, -0.25) is 4.79 Å². The van der Waals surface area contributed by atoms with Crippen LogP contribution in [-0.4, -0.2) is 65.8 Å². The summed E-state index contributed by atoms with van der Waals surface area (Å²) in [5.74, 6) is -0.211. The van der Waals surface area contributed by atoms with Gasteiger partial charge in [-0.25, -0.2) is 14.8 Å². The average Bonchev–Trinajstić information content (AvgIpc) is 3.65. The van der Waals surface area contributed by atoms with Gasteiger partial charge in [-0.05, 0) is 76.6 Å². The van der Waals surface area contributed by atoms with Crippen molar-refractivity contribution < 1.29 is 19.4 Å². The molecule has 0 radical (unpaired) electrons. The minimum atomic E-state index is -0.883. The summed E-state index contributed by atoms with van der Waals surface area (Å²) in [7, 11) is 1.66. The molecule has 1 fully saturated rings. The number of aryl methyl sites for hydroxylation is 1. The van der Waals surface area contributed by atoms with E-state index in [-0.39, 0.29) is 18.0 Å². The van der Waals surface area contributed by atoms with E-state index in [0.717, 1.165) is 65.8 Å². The summed E-state index contributed by atoms with van der Waals surface area (Å²) >= 11 is 0. The summed E-state index contributed by atoms with van der Waals surface area (Å²) in [5.41, 5.74) is 4.56. The van der Waals surface area contributed by atoms with E-state index in [9.17, 15) is 14.7 Å². The smallest absolute Gasteiger partial charge is 0.407 e. The maximum Gasteiger partial charge on any atom is 0.407 e. The molecule has 44 heavy (non-hydrogen) atoms. The van der Waals surface area contributed by atoms with E-state index < -0.39 is 11.6 Å². The number of hydrogen-bond acceptors (Lipinski definition) is 6. The largest absolute Gasteiger partial charge is 0.465 e. The quantitative estimate of drug-likeness (QED) is 0.209. The number of aromatic nitrogens is 4. The zero-order valence-electron chi connectivity index (χ0n) is 26.2. The Bertz CT molecular complexity index is 1580. The van der Waals surface area contributed by atoms with Gasteiger partial charge in [-0.2, -0.15) is 0 Å². The van der Waals surface area contributed by atoms with Crippen LogP contribution in [0.2, 0.25) is 0 Å². The van der Waals surface area contributed by atoms with Crippen LogP contribution < -0.4 is 10.6 Å². The second-order valence-electron chi connectivity index (χ2n) is 12.4. The molecule has 0 saturated heterocycles. The van der Waals surface area contributed by atoms with E-state index >= 15 is 0 Å². The summed E-state index contributed by atoms with van der Waals surface area (Å²) in [6.07, 6.45) is 10.00. The van der Waals surface area contributed by atoms with Crippen LogP contribution in [0.5, 0.6) is 0 Å². The molecule has 2 amide bonds. The number of methoxy groups -OCH3 is 1. The number of pyridine rings is 1. The van der Waals surface area contributed by atoms with Crippen LogP contribution in [0.1, 0.15) is 75.0 Å². The van der Waals surface area contributed by atoms with Crippen molar-refractivity contribution in [1.29, 1.82) is 0 Å². The molecule has 0 bridgehead atoms. The number of carbonyl (C=O) groups is 2. The Kier molecular flexibility index (Phi) is 9.24. The summed E-state index contributed by atoms with van der Waals surface area (Å²) in [6.45, 7) is 8.64. The first-order valence-corrected chi connectivity index (χ1v) is 15.2. The Labute approximate surface area is 258 Å². The fraction of sp³-hybridized carbons (Fsp3) is 0.455. The van der Waals surface area contributed by atoms with Crippen LogP contribution in [0.4, 0.5) is 10.5 Å². The minimum Gasteiger partial charge on any atom is -0.465 e. The number of anilines is 1. The lowest BCUT2D eigenvalue weighted by Crippen LogP contribution is -2.52. The van der Waals surface area contributed by atoms with Crippen molar-refractivity contribution in [2.75, 3.05) is 12.4 Å². The number of hydrogen-bond donors (Lipinski definition) is 3. The van der Waals surface area contributed by atoms with Gasteiger partial charge >= 0.3 is 6.09 Å². The summed E-state index contributed by atoms with van der Waals surface area (Å²) < 4.78 is 9.44. The van der Waals surface area contributed by atoms with E-state index in [1.807, 2.05) is 60.4 Å². The van der Waals surface area contributed by atoms with Gasteiger partial charge in [-0.15, -0.1) is 0 Å². The number of carbonyl (C=O) groups excluding carboxylic acids is 1. The standard InChI is InChI=1S/C33H43N7O4/c1-6-24-17-27-29(37-23-9-13-26(14-10-23)40(32(42)43)33(2,3)4)28(19-35-30(27)39(24)21-44-5)31(41)36-18-22-7-11-25(12-8-22)38-16-15-34-20-38/h7-8,11-12,15-17,19-20,23,26H,6,9-10,13-14,18,21H2,1-5H3,(H,35,37)(H,36,41)(H,42,43)/t23-,26-. The number of amides is 2. The highest BCUT2D eigenvalue weighted by atomic mass is 16.5. The first kappa shape index (κ1) is 31.1. The second-order valence-corrected chi connectivity index (χ2v) is 12.4. The second kappa shape index (κ2) is 13.1. The molecule has 1 aromatic carbocycles. The highest BCUT2D eigenvalue weighted by molar-refractivity contribution is 6.07. The maximum absolute atomic E-state index is 13.7. The lowest BCUT2D eigenvalue weighted by atomic mass is 9.87. The Hall–Kier alpha value is -4.38. The SMILES string of the molecule is CCc1cc2c(N[C@H]3CC[C@H](N(C(=O)O)C(C)(C)C)CC3)c(C(=O)NCc3ccc(-n4ccnc4)cc3)cnc2n1COC. The number of carboxylic acid groups (broad SMARTS) is 1. The fourth-order valence-corrected chi connectivity index (χ4v) is 6.29. The molecule has 0 unspecified atom stereocenters. The van der Waals surface area contributed by atoms with Gasteiger partial charge in [0.2, 0.25) is 0 Å². The van der Waals surface area contributed by atoms with Gasteiger partial charge in [0.15, 0.2) is 0 Å². The number of rotatable bonds is 10. The van der Waals surface area contributed by atoms with Crippen molar-refractivity contribution >= 4 is 28.7 Å². The van der Waals surface area contributed by atoms with E-state index in [1.54, 1.807) is 30.7 Å². The monoisotopic (exact) mass is 601 g/mol. The van der Waals surface area contributed by atoms with Gasteiger partial charge in [0.1, 0.15) is 12.4 Å².